The zero-order chi connectivity index (χ0) is 12.5. The number of piperazine rings is 1. The van der Waals surface area contributed by atoms with Gasteiger partial charge in [0.2, 0.25) is 0 Å². The van der Waals surface area contributed by atoms with Gasteiger partial charge in [-0.2, -0.15) is 0 Å². The van der Waals surface area contributed by atoms with Crippen molar-refractivity contribution >= 4 is 0 Å². The van der Waals surface area contributed by atoms with Gasteiger partial charge in [-0.1, -0.05) is 13.8 Å². The largest absolute Gasteiger partial charge is 0.311 e. The molecule has 1 aliphatic carbocycles. The van der Waals surface area contributed by atoms with Gasteiger partial charge in [0.15, 0.2) is 0 Å². The molecule has 0 aromatic rings. The molecule has 1 aliphatic heterocycles. The molecule has 1 saturated carbocycles. The van der Waals surface area contributed by atoms with E-state index in [0.717, 1.165) is 25.6 Å². The molecule has 0 spiro atoms. The third kappa shape index (κ3) is 2.82. The van der Waals surface area contributed by atoms with Gasteiger partial charge in [0.05, 0.1) is 6.67 Å². The molecule has 0 bridgehead atoms. The summed E-state index contributed by atoms with van der Waals surface area (Å²) < 4.78 is 12.4. The van der Waals surface area contributed by atoms with Crippen LogP contribution in [0.2, 0.25) is 0 Å². The van der Waals surface area contributed by atoms with Gasteiger partial charge in [0.1, 0.15) is 0 Å². The fourth-order valence-electron chi connectivity index (χ4n) is 3.11. The number of rotatable bonds is 5. The first-order valence-electron chi connectivity index (χ1n) is 7.12. The van der Waals surface area contributed by atoms with Gasteiger partial charge in [0.25, 0.3) is 0 Å². The lowest BCUT2D eigenvalue weighted by molar-refractivity contribution is 0.0234. The van der Waals surface area contributed by atoms with Crippen LogP contribution in [0, 0.1) is 11.8 Å². The van der Waals surface area contributed by atoms with E-state index >= 15 is 0 Å². The average molecular weight is 242 g/mol. The van der Waals surface area contributed by atoms with Crippen molar-refractivity contribution in [1.29, 1.82) is 0 Å². The van der Waals surface area contributed by atoms with Gasteiger partial charge in [-0.3, -0.25) is 9.29 Å². The zero-order valence-electron chi connectivity index (χ0n) is 11.5. The lowest BCUT2D eigenvalue weighted by atomic mass is 9.87. The highest BCUT2D eigenvalue weighted by Crippen LogP contribution is 2.44. The SMILES string of the molecule is CC(C)C1CN(CCCF)C(C)(C2CC2)CN1. The molecule has 17 heavy (non-hydrogen) atoms. The molecule has 2 atom stereocenters. The third-order valence-electron chi connectivity index (χ3n) is 4.68. The third-order valence-corrected chi connectivity index (χ3v) is 4.68. The van der Waals surface area contributed by atoms with Crippen molar-refractivity contribution in [3.63, 3.8) is 0 Å². The molecule has 100 valence electrons. The molecular formula is C14H27FN2. The standard InChI is InChI=1S/C14H27FN2/c1-11(2)13-9-17(8-4-7-15)14(3,10-16-13)12-5-6-12/h11-13,16H,4-10H2,1-3H3. The molecule has 0 radical (unpaired) electrons. The molecule has 0 aromatic heterocycles. The Bertz CT molecular complexity index is 253. The second kappa shape index (κ2) is 5.23. The predicted molar refractivity (Wildman–Crippen MR) is 69.9 cm³/mol. The van der Waals surface area contributed by atoms with Gasteiger partial charge < -0.3 is 5.32 Å². The van der Waals surface area contributed by atoms with Crippen LogP contribution in [-0.4, -0.2) is 42.8 Å². The quantitative estimate of drug-likeness (QED) is 0.796. The number of alkyl halides is 1. The van der Waals surface area contributed by atoms with E-state index in [1.165, 1.54) is 12.8 Å². The van der Waals surface area contributed by atoms with E-state index in [1.807, 2.05) is 0 Å². The minimum atomic E-state index is -0.184. The maximum Gasteiger partial charge on any atom is 0.0906 e. The first-order valence-corrected chi connectivity index (χ1v) is 7.12. The summed E-state index contributed by atoms with van der Waals surface area (Å²) in [5.41, 5.74) is 0.278. The minimum absolute atomic E-state index is 0.184. The van der Waals surface area contributed by atoms with Crippen LogP contribution in [0.4, 0.5) is 4.39 Å². The van der Waals surface area contributed by atoms with Crippen LogP contribution >= 0.6 is 0 Å². The van der Waals surface area contributed by atoms with Gasteiger partial charge >= 0.3 is 0 Å². The van der Waals surface area contributed by atoms with Gasteiger partial charge in [-0.15, -0.1) is 0 Å². The summed E-state index contributed by atoms with van der Waals surface area (Å²) in [6.45, 7) is 9.81. The highest BCUT2D eigenvalue weighted by Gasteiger charge is 2.48. The molecule has 2 aliphatic rings. The predicted octanol–water partition coefficient (Wildman–Crippen LogP) is 2.44. The summed E-state index contributed by atoms with van der Waals surface area (Å²) in [7, 11) is 0. The fraction of sp³-hybridized carbons (Fsp3) is 1.00. The number of halogens is 1. The van der Waals surface area contributed by atoms with Crippen LogP contribution in [0.1, 0.15) is 40.0 Å². The highest BCUT2D eigenvalue weighted by atomic mass is 19.1. The molecule has 1 N–H and O–H groups in total. The molecule has 1 heterocycles. The average Bonchev–Trinajstić information content (AvgIpc) is 3.11. The van der Waals surface area contributed by atoms with E-state index in [9.17, 15) is 4.39 Å². The van der Waals surface area contributed by atoms with Crippen molar-refractivity contribution in [1.82, 2.24) is 10.2 Å². The lowest BCUT2D eigenvalue weighted by Crippen LogP contribution is -2.65. The summed E-state index contributed by atoms with van der Waals surface area (Å²) in [5.74, 6) is 1.49. The summed E-state index contributed by atoms with van der Waals surface area (Å²) in [4.78, 5) is 2.56. The van der Waals surface area contributed by atoms with E-state index in [-0.39, 0.29) is 12.2 Å². The Morgan fingerprint density at radius 3 is 2.65 bits per heavy atom. The normalized spacial score (nSPS) is 35.5. The molecule has 1 saturated heterocycles. The highest BCUT2D eigenvalue weighted by molar-refractivity contribution is 5.05. The molecule has 2 unspecified atom stereocenters. The zero-order valence-corrected chi connectivity index (χ0v) is 11.5. The molecule has 0 amide bonds. The first-order chi connectivity index (χ1) is 8.08. The molecule has 3 heteroatoms. The van der Waals surface area contributed by atoms with Crippen molar-refractivity contribution in [2.75, 3.05) is 26.3 Å². The van der Waals surface area contributed by atoms with Gasteiger partial charge in [-0.25, -0.2) is 0 Å². The van der Waals surface area contributed by atoms with Gasteiger partial charge in [-0.05, 0) is 38.0 Å². The summed E-state index contributed by atoms with van der Waals surface area (Å²) >= 11 is 0. The van der Waals surface area contributed by atoms with Crippen LogP contribution in [0.3, 0.4) is 0 Å². The lowest BCUT2D eigenvalue weighted by Gasteiger charge is -2.49. The van der Waals surface area contributed by atoms with Crippen molar-refractivity contribution < 1.29 is 4.39 Å². The number of nitrogens with zero attached hydrogens (tertiary/aromatic N) is 1. The first kappa shape index (κ1) is 13.3. The second-order valence-corrected chi connectivity index (χ2v) is 6.35. The number of nitrogens with one attached hydrogen (secondary N) is 1. The Hall–Kier alpha value is -0.150. The van der Waals surface area contributed by atoms with E-state index in [4.69, 9.17) is 0 Å². The molecule has 2 nitrogen and oxygen atoms in total. The van der Waals surface area contributed by atoms with E-state index in [1.54, 1.807) is 0 Å². The summed E-state index contributed by atoms with van der Waals surface area (Å²) in [6.07, 6.45) is 3.40. The van der Waals surface area contributed by atoms with Crippen LogP contribution in [0.25, 0.3) is 0 Å². The Kier molecular flexibility index (Phi) is 4.09. The smallest absolute Gasteiger partial charge is 0.0906 e. The van der Waals surface area contributed by atoms with Crippen LogP contribution in [0.5, 0.6) is 0 Å². The topological polar surface area (TPSA) is 15.3 Å². The molecule has 2 fully saturated rings. The summed E-state index contributed by atoms with van der Waals surface area (Å²) in [5, 5.41) is 3.70. The monoisotopic (exact) mass is 242 g/mol. The van der Waals surface area contributed by atoms with E-state index in [0.29, 0.717) is 18.4 Å². The molecule has 2 rings (SSSR count). The maximum atomic E-state index is 12.4. The van der Waals surface area contributed by atoms with Crippen LogP contribution in [-0.2, 0) is 0 Å². The molecule has 0 aromatic carbocycles. The summed E-state index contributed by atoms with van der Waals surface area (Å²) in [6, 6.07) is 0.571. The van der Waals surface area contributed by atoms with Crippen LogP contribution < -0.4 is 5.32 Å². The van der Waals surface area contributed by atoms with Crippen molar-refractivity contribution in [2.24, 2.45) is 11.8 Å². The Morgan fingerprint density at radius 2 is 2.12 bits per heavy atom. The Balaban J connectivity index is 2.01. The van der Waals surface area contributed by atoms with Gasteiger partial charge in [0, 0.05) is 31.2 Å². The van der Waals surface area contributed by atoms with E-state index < -0.39 is 0 Å². The van der Waals surface area contributed by atoms with Crippen molar-refractivity contribution in [3.8, 4) is 0 Å². The van der Waals surface area contributed by atoms with Crippen molar-refractivity contribution in [3.05, 3.63) is 0 Å². The van der Waals surface area contributed by atoms with Crippen LogP contribution in [0.15, 0.2) is 0 Å². The van der Waals surface area contributed by atoms with Crippen molar-refractivity contribution in [2.45, 2.75) is 51.6 Å². The Morgan fingerprint density at radius 1 is 1.41 bits per heavy atom. The maximum absolute atomic E-state index is 12.4. The molecular weight excluding hydrogens is 215 g/mol. The van der Waals surface area contributed by atoms with E-state index in [2.05, 4.69) is 31.0 Å². The number of hydrogen-bond acceptors (Lipinski definition) is 2. The second-order valence-electron chi connectivity index (χ2n) is 6.35. The Labute approximate surface area is 105 Å². The minimum Gasteiger partial charge on any atom is -0.311 e. The fourth-order valence-corrected chi connectivity index (χ4v) is 3.11. The number of hydrogen-bond donors (Lipinski definition) is 1.